The van der Waals surface area contributed by atoms with Crippen LogP contribution in [-0.2, 0) is 33.7 Å². The number of pyridine rings is 1. The molecule has 2 aliphatic rings. The molecule has 12 nitrogen and oxygen atoms in total. The third kappa shape index (κ3) is 12.9. The molecule has 1 atom stereocenters. The zero-order valence-corrected chi connectivity index (χ0v) is 33.2. The molecule has 1 aromatic heterocycles. The van der Waals surface area contributed by atoms with E-state index in [9.17, 15) is 14.4 Å². The van der Waals surface area contributed by atoms with Crippen molar-refractivity contribution in [2.45, 2.75) is 124 Å². The highest BCUT2D eigenvalue weighted by Crippen LogP contribution is 2.34. The summed E-state index contributed by atoms with van der Waals surface area (Å²) in [4.78, 5) is 51.9. The lowest BCUT2D eigenvalue weighted by Crippen LogP contribution is -2.52. The molecule has 2 aliphatic heterocycles. The molecule has 4 rings (SSSR count). The predicted octanol–water partition coefficient (Wildman–Crippen LogP) is 6.92. The summed E-state index contributed by atoms with van der Waals surface area (Å²) in [6.07, 6.45) is 3.15. The Bertz CT molecular complexity index is 1500. The molecule has 1 saturated heterocycles. The lowest BCUT2D eigenvalue weighted by atomic mass is 9.91. The molecule has 0 saturated carbocycles. The molecule has 0 radical (unpaired) electrons. The summed E-state index contributed by atoms with van der Waals surface area (Å²) < 4.78 is 17.0. The van der Waals surface area contributed by atoms with Gasteiger partial charge in [-0.15, -0.1) is 0 Å². The van der Waals surface area contributed by atoms with Gasteiger partial charge in [0.2, 0.25) is 0 Å². The van der Waals surface area contributed by atoms with Crippen LogP contribution in [0, 0.1) is 6.92 Å². The summed E-state index contributed by atoms with van der Waals surface area (Å²) in [5.41, 5.74) is 3.82. The van der Waals surface area contributed by atoms with Gasteiger partial charge in [-0.2, -0.15) is 0 Å². The van der Waals surface area contributed by atoms with Gasteiger partial charge in [0.05, 0.1) is 11.7 Å². The maximum Gasteiger partial charge on any atom is 0.410 e. The minimum Gasteiger partial charge on any atom is -0.444 e. The number of unbranched alkanes of at least 4 members (excludes halogenated alkanes) is 1. The molecule has 12 heteroatoms. The predicted molar refractivity (Wildman–Crippen MR) is 203 cm³/mol. The van der Waals surface area contributed by atoms with Crippen LogP contribution in [0.2, 0.25) is 0 Å². The second-order valence-corrected chi connectivity index (χ2v) is 17.0. The van der Waals surface area contributed by atoms with Crippen molar-refractivity contribution in [1.82, 2.24) is 25.0 Å². The molecule has 0 spiro atoms. The lowest BCUT2D eigenvalue weighted by Gasteiger charge is -2.42. The quantitative estimate of drug-likeness (QED) is 0.206. The molecule has 3 amide bonds. The molecule has 1 N–H and O–H groups in total. The summed E-state index contributed by atoms with van der Waals surface area (Å²) in [5, 5.41) is 2.87. The van der Waals surface area contributed by atoms with Crippen LogP contribution in [0.3, 0.4) is 0 Å². The van der Waals surface area contributed by atoms with Crippen LogP contribution in [0.1, 0.15) is 97.5 Å². The molecule has 1 fully saturated rings. The van der Waals surface area contributed by atoms with Crippen LogP contribution in [0.25, 0.3) is 0 Å². The first-order chi connectivity index (χ1) is 24.3. The van der Waals surface area contributed by atoms with E-state index in [4.69, 9.17) is 19.2 Å². The van der Waals surface area contributed by atoms with Crippen molar-refractivity contribution in [3.8, 4) is 0 Å². The monoisotopic (exact) mass is 722 g/mol. The number of carbonyl (C=O) groups excluding carboxylic acids is 3. The smallest absolute Gasteiger partial charge is 0.410 e. The summed E-state index contributed by atoms with van der Waals surface area (Å²) in [6, 6.07) is 10.3. The Kier molecular flexibility index (Phi) is 13.4. The van der Waals surface area contributed by atoms with E-state index in [2.05, 4.69) is 45.4 Å². The first-order valence-corrected chi connectivity index (χ1v) is 18.7. The molecule has 1 aromatic carbocycles. The number of nitrogens with zero attached hydrogens (tertiary/aromatic N) is 5. The van der Waals surface area contributed by atoms with Crippen molar-refractivity contribution < 1.29 is 28.6 Å². The van der Waals surface area contributed by atoms with Crippen LogP contribution in [0.5, 0.6) is 0 Å². The number of aryl methyl sites for hydroxylation is 1. The Morgan fingerprint density at radius 1 is 0.846 bits per heavy atom. The maximum absolute atomic E-state index is 13.8. The van der Waals surface area contributed by atoms with E-state index >= 15 is 0 Å². The average Bonchev–Trinajstić information content (AvgIpc) is 3.02. The minimum absolute atomic E-state index is 0.156. The molecule has 0 aliphatic carbocycles. The Hall–Kier alpha value is -4.06. The molecule has 52 heavy (non-hydrogen) atoms. The van der Waals surface area contributed by atoms with E-state index in [0.29, 0.717) is 58.8 Å². The largest absolute Gasteiger partial charge is 0.444 e. The van der Waals surface area contributed by atoms with E-state index < -0.39 is 22.9 Å². The number of nitrogens with one attached hydrogen (secondary N) is 1. The Morgan fingerprint density at radius 3 is 2.12 bits per heavy atom. The lowest BCUT2D eigenvalue weighted by molar-refractivity contribution is 0.00707. The fourth-order valence-corrected chi connectivity index (χ4v) is 6.43. The van der Waals surface area contributed by atoms with Crippen LogP contribution < -0.4 is 10.2 Å². The Labute approximate surface area is 311 Å². The SMILES string of the molecule is Cc1ccc(CN(CCCCNC(=O)OC(C)(C)C)CC2Cc3c(cccc3N3CCN(C(=O)OC(C)(C)C)CC3)CN2C(=O)OC(C)(C)C)nc1. The highest BCUT2D eigenvalue weighted by atomic mass is 16.6. The van der Waals surface area contributed by atoms with Crippen molar-refractivity contribution in [2.24, 2.45) is 0 Å². The van der Waals surface area contributed by atoms with Gasteiger partial charge in [0, 0.05) is 64.2 Å². The second-order valence-electron chi connectivity index (χ2n) is 17.0. The van der Waals surface area contributed by atoms with E-state index in [1.165, 1.54) is 5.56 Å². The van der Waals surface area contributed by atoms with Gasteiger partial charge in [-0.1, -0.05) is 18.2 Å². The van der Waals surface area contributed by atoms with Crippen molar-refractivity contribution >= 4 is 24.0 Å². The van der Waals surface area contributed by atoms with Crippen molar-refractivity contribution in [3.05, 3.63) is 58.9 Å². The maximum atomic E-state index is 13.8. The summed E-state index contributed by atoms with van der Waals surface area (Å²) in [7, 11) is 0. The fraction of sp³-hybridized carbons (Fsp3) is 0.650. The van der Waals surface area contributed by atoms with E-state index in [-0.39, 0.29) is 18.2 Å². The van der Waals surface area contributed by atoms with E-state index in [1.807, 2.05) is 80.3 Å². The van der Waals surface area contributed by atoms with Gasteiger partial charge in [-0.05, 0) is 124 Å². The van der Waals surface area contributed by atoms with Gasteiger partial charge in [-0.25, -0.2) is 14.4 Å². The first-order valence-electron chi connectivity index (χ1n) is 18.7. The fourth-order valence-electron chi connectivity index (χ4n) is 6.43. The van der Waals surface area contributed by atoms with Gasteiger partial charge in [0.1, 0.15) is 16.8 Å². The number of aromatic nitrogens is 1. The molecule has 1 unspecified atom stereocenters. The number of anilines is 1. The summed E-state index contributed by atoms with van der Waals surface area (Å²) in [5.74, 6) is 0. The van der Waals surface area contributed by atoms with Gasteiger partial charge >= 0.3 is 18.3 Å². The van der Waals surface area contributed by atoms with Crippen molar-refractivity contribution in [3.63, 3.8) is 0 Å². The third-order valence-corrected chi connectivity index (χ3v) is 8.77. The number of ether oxygens (including phenoxy) is 3. The third-order valence-electron chi connectivity index (χ3n) is 8.77. The van der Waals surface area contributed by atoms with Gasteiger partial charge in [0.25, 0.3) is 0 Å². The minimum atomic E-state index is -0.635. The number of rotatable bonds is 10. The Balaban J connectivity index is 1.53. The van der Waals surface area contributed by atoms with Crippen LogP contribution in [0.4, 0.5) is 20.1 Å². The molecule has 3 heterocycles. The number of hydrogen-bond donors (Lipinski definition) is 1. The molecule has 2 aromatic rings. The number of benzene rings is 1. The molecule has 288 valence electrons. The molecule has 0 bridgehead atoms. The van der Waals surface area contributed by atoms with Crippen LogP contribution >= 0.6 is 0 Å². The van der Waals surface area contributed by atoms with E-state index in [0.717, 1.165) is 41.9 Å². The van der Waals surface area contributed by atoms with E-state index in [1.54, 1.807) is 4.90 Å². The number of fused-ring (bicyclic) bond motifs is 1. The first kappa shape index (κ1) is 40.7. The summed E-state index contributed by atoms with van der Waals surface area (Å²) >= 11 is 0. The normalized spacial score (nSPS) is 16.8. The number of piperazine rings is 1. The zero-order valence-electron chi connectivity index (χ0n) is 33.2. The van der Waals surface area contributed by atoms with Crippen LogP contribution in [0.15, 0.2) is 36.5 Å². The van der Waals surface area contributed by atoms with Gasteiger partial charge in [0.15, 0.2) is 0 Å². The van der Waals surface area contributed by atoms with Crippen molar-refractivity contribution in [2.75, 3.05) is 50.7 Å². The van der Waals surface area contributed by atoms with Gasteiger partial charge in [-0.3, -0.25) is 14.8 Å². The number of alkyl carbamates (subject to hydrolysis) is 1. The number of carbonyl (C=O) groups is 3. The average molecular weight is 723 g/mol. The highest BCUT2D eigenvalue weighted by molar-refractivity contribution is 5.71. The number of hydrogen-bond acceptors (Lipinski definition) is 9. The standard InChI is InChI=1S/C40H62N6O6/c1-29-16-17-31(42-25-29)27-43(19-12-11-18-41-35(47)50-38(2,3)4)28-32-24-33-30(26-46(32)37(49)52-40(8,9)10)14-13-15-34(33)44-20-22-45(23-21-44)36(48)51-39(5,6)7/h13-17,25,32H,11-12,18-24,26-28H2,1-10H3,(H,41,47). The second kappa shape index (κ2) is 17.2. The van der Waals surface area contributed by atoms with Crippen molar-refractivity contribution in [1.29, 1.82) is 0 Å². The topological polar surface area (TPSA) is 117 Å². The highest BCUT2D eigenvalue weighted by Gasteiger charge is 2.36. The Morgan fingerprint density at radius 2 is 1.50 bits per heavy atom. The van der Waals surface area contributed by atoms with Crippen LogP contribution in [-0.4, -0.2) is 107 Å². The number of amides is 3. The molecular formula is C40H62N6O6. The zero-order chi connectivity index (χ0) is 38.3. The molecular weight excluding hydrogens is 660 g/mol. The summed E-state index contributed by atoms with van der Waals surface area (Å²) in [6.45, 7) is 24.4. The van der Waals surface area contributed by atoms with Gasteiger partial charge < -0.3 is 29.3 Å².